The molecule has 0 aliphatic rings. The summed E-state index contributed by atoms with van der Waals surface area (Å²) in [6, 6.07) is 4.05. The topological polar surface area (TPSA) is 64.0 Å². The number of halogens is 1. The Labute approximate surface area is 117 Å². The molecule has 108 valence electrons. The van der Waals surface area contributed by atoms with Gasteiger partial charge in [-0.2, -0.15) is 5.10 Å². The molecule has 0 saturated carbocycles. The van der Waals surface area contributed by atoms with E-state index in [0.29, 0.717) is 17.8 Å². The Balaban J connectivity index is 2.52. The second-order valence-electron chi connectivity index (χ2n) is 4.62. The minimum absolute atomic E-state index is 0.299. The first-order valence-electron chi connectivity index (χ1n) is 6.00. The van der Waals surface area contributed by atoms with E-state index in [4.69, 9.17) is 0 Å². The molecular formula is C13H16FN3O2S. The number of sulfone groups is 1. The molecule has 1 aromatic heterocycles. The minimum atomic E-state index is -3.56. The number of hydrogen-bond donors (Lipinski definition) is 1. The fraction of sp³-hybridized carbons (Fsp3) is 0.308. The molecule has 1 heterocycles. The van der Waals surface area contributed by atoms with Crippen LogP contribution in [-0.4, -0.2) is 31.5 Å². The SMILES string of the molecule is CNCc1cn(C)nc1-c1ccc(S(C)(=O)=O)c(F)c1. The van der Waals surface area contributed by atoms with Gasteiger partial charge in [0.15, 0.2) is 9.84 Å². The summed E-state index contributed by atoms with van der Waals surface area (Å²) in [6.45, 7) is 0.596. The third kappa shape index (κ3) is 2.88. The van der Waals surface area contributed by atoms with Gasteiger partial charge in [-0.1, -0.05) is 6.07 Å². The van der Waals surface area contributed by atoms with Crippen molar-refractivity contribution < 1.29 is 12.8 Å². The number of benzene rings is 1. The Bertz CT molecular complexity index is 738. The van der Waals surface area contributed by atoms with E-state index in [1.54, 1.807) is 17.8 Å². The first-order valence-corrected chi connectivity index (χ1v) is 7.89. The summed E-state index contributed by atoms with van der Waals surface area (Å²) in [4.78, 5) is -0.299. The van der Waals surface area contributed by atoms with Gasteiger partial charge in [-0.25, -0.2) is 12.8 Å². The van der Waals surface area contributed by atoms with Gasteiger partial charge in [0, 0.05) is 37.2 Å². The Kier molecular flexibility index (Phi) is 3.92. The lowest BCUT2D eigenvalue weighted by molar-refractivity contribution is 0.571. The summed E-state index contributed by atoms with van der Waals surface area (Å²) in [5.41, 5.74) is 2.11. The highest BCUT2D eigenvalue weighted by Crippen LogP contribution is 2.25. The van der Waals surface area contributed by atoms with Gasteiger partial charge in [-0.05, 0) is 19.2 Å². The van der Waals surface area contributed by atoms with Gasteiger partial charge in [0.25, 0.3) is 0 Å². The Morgan fingerprint density at radius 2 is 2.10 bits per heavy atom. The molecular weight excluding hydrogens is 281 g/mol. The number of nitrogens with zero attached hydrogens (tertiary/aromatic N) is 2. The predicted octanol–water partition coefficient (Wildman–Crippen LogP) is 1.35. The second-order valence-corrected chi connectivity index (χ2v) is 6.61. The molecule has 0 saturated heterocycles. The summed E-state index contributed by atoms with van der Waals surface area (Å²) in [5.74, 6) is -0.758. The van der Waals surface area contributed by atoms with E-state index in [1.165, 1.54) is 12.1 Å². The normalized spacial score (nSPS) is 11.8. The number of rotatable bonds is 4. The van der Waals surface area contributed by atoms with E-state index in [-0.39, 0.29) is 4.90 Å². The third-order valence-electron chi connectivity index (χ3n) is 2.88. The van der Waals surface area contributed by atoms with Gasteiger partial charge in [0.05, 0.1) is 5.69 Å². The van der Waals surface area contributed by atoms with E-state index in [2.05, 4.69) is 10.4 Å². The minimum Gasteiger partial charge on any atom is -0.316 e. The van der Waals surface area contributed by atoms with Crippen LogP contribution in [0.3, 0.4) is 0 Å². The van der Waals surface area contributed by atoms with Crippen molar-refractivity contribution in [3.05, 3.63) is 35.8 Å². The molecule has 0 spiro atoms. The fourth-order valence-corrected chi connectivity index (χ4v) is 2.78. The maximum absolute atomic E-state index is 13.9. The van der Waals surface area contributed by atoms with Gasteiger partial charge in [0.1, 0.15) is 10.7 Å². The molecule has 0 fully saturated rings. The molecule has 0 aliphatic carbocycles. The first-order chi connectivity index (χ1) is 9.32. The molecule has 1 N–H and O–H groups in total. The average molecular weight is 297 g/mol. The van der Waals surface area contributed by atoms with Crippen molar-refractivity contribution in [2.45, 2.75) is 11.4 Å². The maximum Gasteiger partial charge on any atom is 0.178 e. The highest BCUT2D eigenvalue weighted by atomic mass is 32.2. The lowest BCUT2D eigenvalue weighted by Crippen LogP contribution is -2.05. The molecule has 0 atom stereocenters. The van der Waals surface area contributed by atoms with Crippen LogP contribution in [0.1, 0.15) is 5.56 Å². The molecule has 0 radical (unpaired) electrons. The van der Waals surface area contributed by atoms with Gasteiger partial charge >= 0.3 is 0 Å². The fourth-order valence-electron chi connectivity index (χ4n) is 2.05. The Hall–Kier alpha value is -1.73. The zero-order valence-corrected chi connectivity index (χ0v) is 12.3. The van der Waals surface area contributed by atoms with E-state index in [0.717, 1.165) is 11.8 Å². The molecule has 0 amide bonds. The molecule has 0 unspecified atom stereocenters. The lowest BCUT2D eigenvalue weighted by atomic mass is 10.1. The van der Waals surface area contributed by atoms with Crippen LogP contribution in [0.25, 0.3) is 11.3 Å². The second kappa shape index (κ2) is 5.34. The summed E-state index contributed by atoms with van der Waals surface area (Å²) in [5, 5.41) is 7.31. The van der Waals surface area contributed by atoms with Crippen molar-refractivity contribution in [2.75, 3.05) is 13.3 Å². The van der Waals surface area contributed by atoms with Crippen molar-refractivity contribution in [3.8, 4) is 11.3 Å². The number of nitrogens with one attached hydrogen (secondary N) is 1. The van der Waals surface area contributed by atoms with Crippen molar-refractivity contribution in [1.82, 2.24) is 15.1 Å². The zero-order chi connectivity index (χ0) is 14.9. The van der Waals surface area contributed by atoms with E-state index in [9.17, 15) is 12.8 Å². The van der Waals surface area contributed by atoms with E-state index in [1.807, 2.05) is 13.2 Å². The zero-order valence-electron chi connectivity index (χ0n) is 11.5. The first kappa shape index (κ1) is 14.7. The largest absolute Gasteiger partial charge is 0.316 e. The maximum atomic E-state index is 13.9. The standard InChI is InChI=1S/C13H16FN3O2S/c1-15-7-10-8-17(2)16-13(10)9-4-5-12(11(14)6-9)20(3,18)19/h4-6,8,15H,7H2,1-3H3. The summed E-state index contributed by atoms with van der Waals surface area (Å²) < 4.78 is 38.4. The van der Waals surface area contributed by atoms with E-state index >= 15 is 0 Å². The third-order valence-corrected chi connectivity index (χ3v) is 4.01. The van der Waals surface area contributed by atoms with Gasteiger partial charge in [-0.3, -0.25) is 4.68 Å². The molecule has 0 bridgehead atoms. The predicted molar refractivity (Wildman–Crippen MR) is 74.5 cm³/mol. The Morgan fingerprint density at radius 3 is 2.65 bits per heavy atom. The van der Waals surface area contributed by atoms with Crippen LogP contribution < -0.4 is 5.32 Å². The smallest absolute Gasteiger partial charge is 0.178 e. The molecule has 2 rings (SSSR count). The van der Waals surface area contributed by atoms with Gasteiger partial charge in [-0.15, -0.1) is 0 Å². The van der Waals surface area contributed by atoms with Crippen LogP contribution >= 0.6 is 0 Å². The van der Waals surface area contributed by atoms with Crippen LogP contribution in [0.15, 0.2) is 29.3 Å². The van der Waals surface area contributed by atoms with Crippen LogP contribution in [0.5, 0.6) is 0 Å². The van der Waals surface area contributed by atoms with Crippen molar-refractivity contribution >= 4 is 9.84 Å². The molecule has 2 aromatic rings. The summed E-state index contributed by atoms with van der Waals surface area (Å²) in [7, 11) is 0.0307. The van der Waals surface area contributed by atoms with Gasteiger partial charge in [0.2, 0.25) is 0 Å². The number of aryl methyl sites for hydroxylation is 1. The molecule has 20 heavy (non-hydrogen) atoms. The summed E-state index contributed by atoms with van der Waals surface area (Å²) in [6.07, 6.45) is 2.83. The molecule has 0 aliphatic heterocycles. The van der Waals surface area contributed by atoms with Crippen LogP contribution in [0.2, 0.25) is 0 Å². The molecule has 7 heteroatoms. The van der Waals surface area contributed by atoms with Crippen LogP contribution in [-0.2, 0) is 23.4 Å². The number of hydrogen-bond acceptors (Lipinski definition) is 4. The van der Waals surface area contributed by atoms with Crippen LogP contribution in [0.4, 0.5) is 4.39 Å². The van der Waals surface area contributed by atoms with Crippen LogP contribution in [0, 0.1) is 5.82 Å². The molecule has 1 aromatic carbocycles. The lowest BCUT2D eigenvalue weighted by Gasteiger charge is -2.05. The highest BCUT2D eigenvalue weighted by Gasteiger charge is 2.16. The van der Waals surface area contributed by atoms with Gasteiger partial charge < -0.3 is 5.32 Å². The van der Waals surface area contributed by atoms with Crippen molar-refractivity contribution in [1.29, 1.82) is 0 Å². The average Bonchev–Trinajstić information content (AvgIpc) is 2.69. The Morgan fingerprint density at radius 1 is 1.40 bits per heavy atom. The van der Waals surface area contributed by atoms with Crippen molar-refractivity contribution in [3.63, 3.8) is 0 Å². The summed E-state index contributed by atoms with van der Waals surface area (Å²) >= 11 is 0. The quantitative estimate of drug-likeness (QED) is 0.925. The molecule has 5 nitrogen and oxygen atoms in total. The van der Waals surface area contributed by atoms with E-state index < -0.39 is 15.7 Å². The monoisotopic (exact) mass is 297 g/mol. The highest BCUT2D eigenvalue weighted by molar-refractivity contribution is 7.90. The number of aromatic nitrogens is 2. The van der Waals surface area contributed by atoms with Crippen molar-refractivity contribution in [2.24, 2.45) is 7.05 Å².